The van der Waals surface area contributed by atoms with Crippen molar-refractivity contribution in [1.82, 2.24) is 19.4 Å². The molecule has 0 aliphatic carbocycles. The normalized spacial score (nSPS) is 19.7. The Morgan fingerprint density at radius 2 is 1.93 bits per heavy atom. The van der Waals surface area contributed by atoms with E-state index in [1.807, 2.05) is 25.7 Å². The molecule has 3 atom stereocenters. The highest BCUT2D eigenvalue weighted by molar-refractivity contribution is 7.85. The predicted molar refractivity (Wildman–Crippen MR) is 165 cm³/mol. The number of aryl methyl sites for hydroxylation is 1. The molecule has 228 valence electrons. The molecule has 2 aliphatic heterocycles. The van der Waals surface area contributed by atoms with Gasteiger partial charge in [-0.3, -0.25) is 23.3 Å². The molecule has 12 heteroatoms. The Morgan fingerprint density at radius 1 is 1.18 bits per heavy atom. The summed E-state index contributed by atoms with van der Waals surface area (Å²) < 4.78 is 46.3. The van der Waals surface area contributed by atoms with Gasteiger partial charge < -0.3 is 14.9 Å². The van der Waals surface area contributed by atoms with Crippen molar-refractivity contribution in [2.75, 3.05) is 23.7 Å². The lowest BCUT2D eigenvalue weighted by Crippen LogP contribution is -2.62. The van der Waals surface area contributed by atoms with Crippen molar-refractivity contribution in [2.45, 2.75) is 50.6 Å². The molecule has 3 unspecified atom stereocenters. The molecule has 0 spiro atoms. The first-order chi connectivity index (χ1) is 20.9. The summed E-state index contributed by atoms with van der Waals surface area (Å²) in [4.78, 5) is 39.8. The van der Waals surface area contributed by atoms with Gasteiger partial charge in [0.1, 0.15) is 22.2 Å². The number of hydrogen-bond donors (Lipinski definition) is 1. The second-order valence-corrected chi connectivity index (χ2v) is 13.0. The van der Waals surface area contributed by atoms with E-state index in [0.29, 0.717) is 16.9 Å². The molecule has 0 bridgehead atoms. The Bertz CT molecular complexity index is 1940. The number of piperazine rings is 1. The molecule has 1 N–H and O–H groups in total. The number of anilines is 1. The number of carbonyl (C=O) groups excluding carboxylic acids is 1. The average molecular weight is 620 g/mol. The molecule has 0 radical (unpaired) electrons. The van der Waals surface area contributed by atoms with Gasteiger partial charge in [0, 0.05) is 30.7 Å². The average Bonchev–Trinajstić information content (AvgIpc) is 2.97. The molecule has 9 nitrogen and oxygen atoms in total. The highest BCUT2D eigenvalue weighted by atomic mass is 32.2. The van der Waals surface area contributed by atoms with Crippen LogP contribution >= 0.6 is 0 Å². The molecule has 1 fully saturated rings. The van der Waals surface area contributed by atoms with Crippen molar-refractivity contribution >= 4 is 33.4 Å². The van der Waals surface area contributed by atoms with Gasteiger partial charge in [-0.2, -0.15) is 0 Å². The monoisotopic (exact) mass is 619 g/mol. The van der Waals surface area contributed by atoms with E-state index in [-0.39, 0.29) is 58.3 Å². The molecule has 44 heavy (non-hydrogen) atoms. The predicted octanol–water partition coefficient (Wildman–Crippen LogP) is 4.58. The van der Waals surface area contributed by atoms with Gasteiger partial charge in [-0.25, -0.2) is 13.8 Å². The number of phenols is 1. The molecule has 2 aliphatic rings. The summed E-state index contributed by atoms with van der Waals surface area (Å²) >= 11 is 0. The van der Waals surface area contributed by atoms with Crippen LogP contribution in [-0.4, -0.2) is 65.6 Å². The molecule has 1 saturated heterocycles. The van der Waals surface area contributed by atoms with Crippen molar-refractivity contribution in [3.8, 4) is 22.7 Å². The zero-order valence-corrected chi connectivity index (χ0v) is 25.5. The molecular formula is C32H31F2N5O4S. The van der Waals surface area contributed by atoms with Gasteiger partial charge in [0.25, 0.3) is 5.56 Å². The highest BCUT2D eigenvalue weighted by Gasteiger charge is 2.42. The minimum absolute atomic E-state index is 0.000652. The fourth-order valence-electron chi connectivity index (χ4n) is 6.29. The van der Waals surface area contributed by atoms with Crippen molar-refractivity contribution in [2.24, 2.45) is 0 Å². The van der Waals surface area contributed by atoms with Crippen LogP contribution in [0.3, 0.4) is 0 Å². The van der Waals surface area contributed by atoms with E-state index < -0.39 is 51.0 Å². The minimum Gasteiger partial charge on any atom is -0.507 e. The van der Waals surface area contributed by atoms with Crippen molar-refractivity contribution < 1.29 is 22.9 Å². The number of rotatable bonds is 4. The second kappa shape index (κ2) is 10.9. The summed E-state index contributed by atoms with van der Waals surface area (Å²) in [5.74, 6) is -2.64. The van der Waals surface area contributed by atoms with Crippen molar-refractivity contribution in [1.29, 1.82) is 0 Å². The largest absolute Gasteiger partial charge is 0.507 e. The molecule has 5 heterocycles. The maximum absolute atomic E-state index is 16.1. The zero-order chi connectivity index (χ0) is 31.6. The molecule has 3 aromatic heterocycles. The summed E-state index contributed by atoms with van der Waals surface area (Å²) in [5, 5.41) is 10.7. The van der Waals surface area contributed by atoms with E-state index in [0.717, 1.165) is 12.1 Å². The van der Waals surface area contributed by atoms with E-state index >= 15 is 8.78 Å². The number of amides is 1. The number of benzene rings is 1. The maximum atomic E-state index is 16.1. The highest BCUT2D eigenvalue weighted by Crippen LogP contribution is 2.42. The van der Waals surface area contributed by atoms with Crippen LogP contribution in [0.2, 0.25) is 0 Å². The lowest BCUT2D eigenvalue weighted by Gasteiger charge is -2.48. The standard InChI is InChI=1S/C32H31F2N5O4S/c1-6-24(41)37-14-19-15-44(43)30-29(38(19)13-18(37)5)20-12-22(34)27(25-21(33)8-7-9-23(25)40)36-31(20)39(32(30)42)28-17(4)10-11-35-26(28)16(2)3/h6-12,16,18-19,40H,1,13-15H2,2-5H3. The van der Waals surface area contributed by atoms with Crippen LogP contribution < -0.4 is 10.5 Å². The molecule has 0 saturated carbocycles. The van der Waals surface area contributed by atoms with Crippen molar-refractivity contribution in [3.63, 3.8) is 0 Å². The maximum Gasteiger partial charge on any atom is 0.275 e. The Labute approximate surface area is 254 Å². The quantitative estimate of drug-likeness (QED) is 0.333. The van der Waals surface area contributed by atoms with Crippen molar-refractivity contribution in [3.05, 3.63) is 82.4 Å². The minimum atomic E-state index is -1.82. The summed E-state index contributed by atoms with van der Waals surface area (Å²) in [7, 11) is -1.82. The summed E-state index contributed by atoms with van der Waals surface area (Å²) in [5.41, 5.74) is 0.411. The van der Waals surface area contributed by atoms with E-state index in [1.54, 1.807) is 24.1 Å². The van der Waals surface area contributed by atoms with Gasteiger partial charge in [-0.1, -0.05) is 26.5 Å². The van der Waals surface area contributed by atoms with E-state index in [2.05, 4.69) is 16.5 Å². The van der Waals surface area contributed by atoms with Crippen LogP contribution in [-0.2, 0) is 15.6 Å². The number of fused-ring (bicyclic) bond motifs is 5. The molecule has 4 aromatic rings. The Hall–Kier alpha value is -4.45. The van der Waals surface area contributed by atoms with Gasteiger partial charge in [0.2, 0.25) is 5.91 Å². The summed E-state index contributed by atoms with van der Waals surface area (Å²) in [6.07, 6.45) is 2.86. The van der Waals surface area contributed by atoms with Crippen LogP contribution in [0, 0.1) is 18.6 Å². The zero-order valence-electron chi connectivity index (χ0n) is 24.7. The Balaban J connectivity index is 1.74. The van der Waals surface area contributed by atoms with E-state index in [4.69, 9.17) is 0 Å². The third kappa shape index (κ3) is 4.50. The lowest BCUT2D eigenvalue weighted by atomic mass is 10.0. The van der Waals surface area contributed by atoms with Crippen LogP contribution in [0.4, 0.5) is 14.5 Å². The Morgan fingerprint density at radius 3 is 2.61 bits per heavy atom. The molecule has 6 rings (SSSR count). The molecule has 1 aromatic carbocycles. The number of carbonyl (C=O) groups is 1. The second-order valence-electron chi connectivity index (χ2n) is 11.5. The molecule has 1 amide bonds. The van der Waals surface area contributed by atoms with Crippen LogP contribution in [0.5, 0.6) is 5.75 Å². The Kier molecular flexibility index (Phi) is 7.35. The SMILES string of the molecule is C=CC(=O)N1CC2CS(=O)c3c(c4cc(F)c(-c5c(O)cccc5F)nc4n(-c4c(C)ccnc4C(C)C)c3=O)N2CC1C. The van der Waals surface area contributed by atoms with Gasteiger partial charge in [0.05, 0.1) is 45.2 Å². The number of halogens is 2. The van der Waals surface area contributed by atoms with Gasteiger partial charge in [0.15, 0.2) is 11.5 Å². The number of nitrogens with zero attached hydrogens (tertiary/aromatic N) is 5. The first-order valence-electron chi connectivity index (χ1n) is 14.3. The van der Waals surface area contributed by atoms with Crippen LogP contribution in [0.1, 0.15) is 37.9 Å². The third-order valence-electron chi connectivity index (χ3n) is 8.35. The first-order valence-corrected chi connectivity index (χ1v) is 15.6. The number of pyridine rings is 3. The van der Waals surface area contributed by atoms with Gasteiger partial charge >= 0.3 is 0 Å². The number of aromatic nitrogens is 3. The van der Waals surface area contributed by atoms with Crippen LogP contribution in [0.25, 0.3) is 28.0 Å². The van der Waals surface area contributed by atoms with Gasteiger partial charge in [-0.15, -0.1) is 0 Å². The van der Waals surface area contributed by atoms with E-state index in [9.17, 15) is 18.9 Å². The first kappa shape index (κ1) is 29.6. The fourth-order valence-corrected chi connectivity index (χ4v) is 7.82. The smallest absolute Gasteiger partial charge is 0.275 e. The number of hydrogen-bond acceptors (Lipinski definition) is 7. The topological polar surface area (TPSA) is 109 Å². The van der Waals surface area contributed by atoms with Gasteiger partial charge in [-0.05, 0) is 55.7 Å². The third-order valence-corrected chi connectivity index (χ3v) is 9.86. The number of aromatic hydroxyl groups is 1. The number of phenolic OH excluding ortho intramolecular Hbond substituents is 1. The lowest BCUT2D eigenvalue weighted by molar-refractivity contribution is -0.128. The summed E-state index contributed by atoms with van der Waals surface area (Å²) in [6.45, 7) is 11.6. The molecular weight excluding hydrogens is 588 g/mol. The van der Waals surface area contributed by atoms with E-state index in [1.165, 1.54) is 22.8 Å². The fraction of sp³-hybridized carbons (Fsp3) is 0.312. The van der Waals surface area contributed by atoms with Crippen LogP contribution in [0.15, 0.2) is 58.9 Å². The summed E-state index contributed by atoms with van der Waals surface area (Å²) in [6, 6.07) is 5.77.